The predicted octanol–water partition coefficient (Wildman–Crippen LogP) is 5.51. The van der Waals surface area contributed by atoms with Gasteiger partial charge in [-0.1, -0.05) is 18.7 Å². The summed E-state index contributed by atoms with van der Waals surface area (Å²) in [4.78, 5) is 37.4. The van der Waals surface area contributed by atoms with Crippen LogP contribution in [0.15, 0.2) is 85.8 Å². The van der Waals surface area contributed by atoms with Gasteiger partial charge in [-0.2, -0.15) is 13.2 Å². The highest BCUT2D eigenvalue weighted by Crippen LogP contribution is 2.34. The number of carbonyl (C=O) groups is 2. The summed E-state index contributed by atoms with van der Waals surface area (Å²) >= 11 is 0. The molecule has 10 heteroatoms. The summed E-state index contributed by atoms with van der Waals surface area (Å²) in [5.74, 6) is -0.613. The maximum Gasteiger partial charge on any atom is 0.416 e. The Morgan fingerprint density at radius 2 is 1.85 bits per heavy atom. The summed E-state index contributed by atoms with van der Waals surface area (Å²) in [6.45, 7) is 4.84. The first kappa shape index (κ1) is 27.2. The van der Waals surface area contributed by atoms with E-state index < -0.39 is 23.6 Å². The first-order valence-corrected chi connectivity index (χ1v) is 11.9. The molecule has 0 bridgehead atoms. The minimum Gasteiger partial charge on any atom is -0.348 e. The van der Waals surface area contributed by atoms with E-state index in [1.807, 2.05) is 19.1 Å². The van der Waals surface area contributed by atoms with Gasteiger partial charge in [0.2, 0.25) is 5.91 Å². The average Bonchev–Trinajstić information content (AvgIpc) is 2.93. The number of benzene rings is 2. The molecule has 2 heterocycles. The molecule has 4 rings (SSSR count). The van der Waals surface area contributed by atoms with Crippen LogP contribution in [-0.2, 0) is 23.9 Å². The maximum atomic E-state index is 13.7. The van der Waals surface area contributed by atoms with Gasteiger partial charge in [0.25, 0.3) is 5.91 Å². The van der Waals surface area contributed by atoms with Gasteiger partial charge in [-0.15, -0.1) is 0 Å². The second kappa shape index (κ2) is 11.7. The summed E-state index contributed by atoms with van der Waals surface area (Å²) in [6.07, 6.45) is 1.67. The Hall–Kier alpha value is -4.86. The molecular weight excluding hydrogens is 507 g/mol. The van der Waals surface area contributed by atoms with Crippen LogP contribution in [0, 0.1) is 6.92 Å². The summed E-state index contributed by atoms with van der Waals surface area (Å²) < 4.78 is 41.0. The van der Waals surface area contributed by atoms with E-state index in [2.05, 4.69) is 32.2 Å². The Morgan fingerprint density at radius 1 is 1.03 bits per heavy atom. The Kier molecular flexibility index (Phi) is 8.14. The van der Waals surface area contributed by atoms with Crippen LogP contribution < -0.4 is 10.6 Å². The van der Waals surface area contributed by atoms with Crippen molar-refractivity contribution in [3.8, 4) is 11.3 Å². The minimum atomic E-state index is -4.68. The van der Waals surface area contributed by atoms with Crippen LogP contribution in [0.3, 0.4) is 0 Å². The van der Waals surface area contributed by atoms with E-state index in [4.69, 9.17) is 0 Å². The van der Waals surface area contributed by atoms with E-state index in [1.165, 1.54) is 12.1 Å². The zero-order valence-corrected chi connectivity index (χ0v) is 20.9. The van der Waals surface area contributed by atoms with Gasteiger partial charge in [0, 0.05) is 48.4 Å². The fraction of sp³-hybridized carbons (Fsp3) is 0.138. The molecule has 2 amide bonds. The molecule has 0 fully saturated rings. The molecule has 39 heavy (non-hydrogen) atoms. The molecule has 0 unspecified atom stereocenters. The first-order chi connectivity index (χ1) is 18.6. The largest absolute Gasteiger partial charge is 0.416 e. The standard InChI is InChI=1S/C29H24F3N5O2/c1-3-27(38)35-17-20-8-9-23(15-24(20)29(30,31)32)36-28(39)19-7-6-18(2)22(13-19)14-26-34-12-10-25(37-26)21-5-4-11-33-16-21/h3-13,15-16H,1,14,17H2,2H3,(H,35,38)(H,36,39). The zero-order valence-electron chi connectivity index (χ0n) is 20.9. The number of pyridine rings is 1. The lowest BCUT2D eigenvalue weighted by atomic mass is 10.0. The van der Waals surface area contributed by atoms with Gasteiger partial charge in [-0.25, -0.2) is 9.97 Å². The number of nitrogens with one attached hydrogen (secondary N) is 2. The first-order valence-electron chi connectivity index (χ1n) is 11.9. The molecule has 0 aliphatic rings. The zero-order chi connectivity index (χ0) is 28.0. The number of aryl methyl sites for hydroxylation is 1. The Bertz CT molecular complexity index is 1520. The maximum absolute atomic E-state index is 13.7. The molecule has 0 spiro atoms. The van der Waals surface area contributed by atoms with Crippen molar-refractivity contribution in [2.45, 2.75) is 26.1 Å². The van der Waals surface area contributed by atoms with Gasteiger partial charge in [-0.3, -0.25) is 14.6 Å². The smallest absolute Gasteiger partial charge is 0.348 e. The lowest BCUT2D eigenvalue weighted by Crippen LogP contribution is -2.22. The van der Waals surface area contributed by atoms with Gasteiger partial charge in [0.05, 0.1) is 11.3 Å². The number of rotatable bonds is 8. The number of alkyl halides is 3. The summed E-state index contributed by atoms with van der Waals surface area (Å²) in [6, 6.07) is 14.0. The highest BCUT2D eigenvalue weighted by Gasteiger charge is 2.33. The molecule has 0 saturated carbocycles. The average molecular weight is 532 g/mol. The molecule has 0 saturated heterocycles. The molecule has 0 atom stereocenters. The molecule has 4 aromatic rings. The highest BCUT2D eigenvalue weighted by molar-refractivity contribution is 6.04. The number of aromatic nitrogens is 3. The monoisotopic (exact) mass is 531 g/mol. The van der Waals surface area contributed by atoms with Gasteiger partial charge in [-0.05, 0) is 72.2 Å². The van der Waals surface area contributed by atoms with Crippen LogP contribution in [0.4, 0.5) is 18.9 Å². The van der Waals surface area contributed by atoms with Crippen LogP contribution in [0.1, 0.15) is 38.4 Å². The van der Waals surface area contributed by atoms with Crippen LogP contribution in [0.25, 0.3) is 11.3 Å². The van der Waals surface area contributed by atoms with E-state index in [-0.39, 0.29) is 23.4 Å². The van der Waals surface area contributed by atoms with E-state index in [9.17, 15) is 22.8 Å². The lowest BCUT2D eigenvalue weighted by molar-refractivity contribution is -0.138. The molecule has 198 valence electrons. The third kappa shape index (κ3) is 6.92. The third-order valence-corrected chi connectivity index (χ3v) is 5.93. The van der Waals surface area contributed by atoms with Crippen molar-refractivity contribution in [2.75, 3.05) is 5.32 Å². The number of halogens is 3. The quantitative estimate of drug-likeness (QED) is 0.292. The van der Waals surface area contributed by atoms with Crippen molar-refractivity contribution in [3.63, 3.8) is 0 Å². The molecule has 7 nitrogen and oxygen atoms in total. The third-order valence-electron chi connectivity index (χ3n) is 5.93. The van der Waals surface area contributed by atoms with Crippen molar-refractivity contribution in [1.82, 2.24) is 20.3 Å². The summed E-state index contributed by atoms with van der Waals surface area (Å²) in [5.41, 5.74) is 2.42. The fourth-order valence-corrected chi connectivity index (χ4v) is 3.86. The number of nitrogens with zero attached hydrogens (tertiary/aromatic N) is 3. The second-order valence-electron chi connectivity index (χ2n) is 8.66. The number of hydrogen-bond donors (Lipinski definition) is 2. The lowest BCUT2D eigenvalue weighted by Gasteiger charge is -2.16. The second-order valence-corrected chi connectivity index (χ2v) is 8.66. The van der Waals surface area contributed by atoms with Crippen molar-refractivity contribution in [2.24, 2.45) is 0 Å². The Morgan fingerprint density at radius 3 is 2.56 bits per heavy atom. The summed E-state index contributed by atoms with van der Waals surface area (Å²) in [5, 5.41) is 4.87. The molecule has 2 aromatic carbocycles. The molecule has 0 aliphatic carbocycles. The summed E-state index contributed by atoms with van der Waals surface area (Å²) in [7, 11) is 0. The van der Waals surface area contributed by atoms with Gasteiger partial charge in [0.15, 0.2) is 0 Å². The van der Waals surface area contributed by atoms with E-state index >= 15 is 0 Å². The van der Waals surface area contributed by atoms with Gasteiger partial charge >= 0.3 is 6.18 Å². The van der Waals surface area contributed by atoms with Gasteiger partial charge in [0.1, 0.15) is 5.82 Å². The van der Waals surface area contributed by atoms with Crippen LogP contribution in [0.2, 0.25) is 0 Å². The predicted molar refractivity (Wildman–Crippen MR) is 141 cm³/mol. The Labute approximate surface area is 222 Å². The topological polar surface area (TPSA) is 96.9 Å². The van der Waals surface area contributed by atoms with Crippen molar-refractivity contribution >= 4 is 17.5 Å². The van der Waals surface area contributed by atoms with E-state index in [1.54, 1.807) is 42.9 Å². The Balaban J connectivity index is 1.53. The molecule has 0 aliphatic heterocycles. The number of hydrogen-bond acceptors (Lipinski definition) is 5. The highest BCUT2D eigenvalue weighted by atomic mass is 19.4. The fourth-order valence-electron chi connectivity index (χ4n) is 3.86. The van der Waals surface area contributed by atoms with Crippen LogP contribution in [0.5, 0.6) is 0 Å². The molecule has 0 radical (unpaired) electrons. The minimum absolute atomic E-state index is 0.0271. The van der Waals surface area contributed by atoms with Crippen LogP contribution in [-0.4, -0.2) is 26.8 Å². The normalized spacial score (nSPS) is 11.1. The van der Waals surface area contributed by atoms with Crippen LogP contribution >= 0.6 is 0 Å². The van der Waals surface area contributed by atoms with Crippen molar-refractivity contribution in [1.29, 1.82) is 0 Å². The molecular formula is C29H24F3N5O2. The van der Waals surface area contributed by atoms with E-state index in [0.717, 1.165) is 28.8 Å². The number of amides is 2. The number of carbonyl (C=O) groups excluding carboxylic acids is 2. The van der Waals surface area contributed by atoms with Crippen molar-refractivity contribution in [3.05, 3.63) is 119 Å². The van der Waals surface area contributed by atoms with E-state index in [0.29, 0.717) is 17.9 Å². The SMILES string of the molecule is C=CC(=O)NCc1ccc(NC(=O)c2ccc(C)c(Cc3nccc(-c4cccnc4)n3)c2)cc1C(F)(F)F. The molecule has 2 aromatic heterocycles. The number of anilines is 1. The van der Waals surface area contributed by atoms with Crippen molar-refractivity contribution < 1.29 is 22.8 Å². The molecule has 2 N–H and O–H groups in total. The van der Waals surface area contributed by atoms with Gasteiger partial charge < -0.3 is 10.6 Å².